The van der Waals surface area contributed by atoms with E-state index >= 15 is 0 Å². The number of esters is 1. The largest absolute Gasteiger partial charge is 0.497 e. The molecule has 1 aliphatic rings. The number of rotatable bonds is 8. The second kappa shape index (κ2) is 11.8. The number of methoxy groups -OCH3 is 1. The summed E-state index contributed by atoms with van der Waals surface area (Å²) in [4.78, 5) is 33.3. The number of ether oxygens (including phenoxy) is 3. The van der Waals surface area contributed by atoms with Crippen LogP contribution in [0.1, 0.15) is 45.2 Å². The van der Waals surface area contributed by atoms with Gasteiger partial charge in [-0.3, -0.25) is 9.80 Å². The smallest absolute Gasteiger partial charge is 0.416 e. The summed E-state index contributed by atoms with van der Waals surface area (Å²) in [6, 6.07) is 11.6. The Hall–Kier alpha value is -3.39. The molecule has 2 heterocycles. The van der Waals surface area contributed by atoms with Crippen LogP contribution in [0.2, 0.25) is 0 Å². The first-order valence-corrected chi connectivity index (χ1v) is 11.9. The Balaban J connectivity index is 1.74. The molecule has 1 aromatic carbocycles. The molecule has 1 aromatic heterocycles. The van der Waals surface area contributed by atoms with E-state index in [2.05, 4.69) is 22.0 Å². The first kappa shape index (κ1) is 26.2. The van der Waals surface area contributed by atoms with Crippen molar-refractivity contribution >= 4 is 24.0 Å². The van der Waals surface area contributed by atoms with Crippen molar-refractivity contribution in [1.29, 1.82) is 0 Å². The fourth-order valence-electron chi connectivity index (χ4n) is 3.89. The number of hydrogen-bond donors (Lipinski definition) is 0. The second-order valence-corrected chi connectivity index (χ2v) is 9.41. The minimum absolute atomic E-state index is 0.0727. The van der Waals surface area contributed by atoms with E-state index in [0.717, 1.165) is 30.8 Å². The highest BCUT2D eigenvalue weighted by Crippen LogP contribution is 2.26. The molecule has 1 amide bonds. The maximum atomic E-state index is 13.2. The van der Waals surface area contributed by atoms with Gasteiger partial charge in [-0.15, -0.1) is 0 Å². The van der Waals surface area contributed by atoms with Crippen LogP contribution < -0.4 is 9.64 Å². The molecule has 1 atom stereocenters. The second-order valence-electron chi connectivity index (χ2n) is 9.41. The van der Waals surface area contributed by atoms with E-state index in [0.29, 0.717) is 19.0 Å². The molecule has 8 nitrogen and oxygen atoms in total. The number of carbonyl (C=O) groups excluding carboxylic acids is 2. The van der Waals surface area contributed by atoms with Crippen molar-refractivity contribution in [2.45, 2.75) is 52.3 Å². The van der Waals surface area contributed by atoms with Gasteiger partial charge in [0.25, 0.3) is 0 Å². The van der Waals surface area contributed by atoms with Gasteiger partial charge < -0.3 is 14.2 Å². The van der Waals surface area contributed by atoms with Gasteiger partial charge >= 0.3 is 12.1 Å². The lowest BCUT2D eigenvalue weighted by Crippen LogP contribution is -2.45. The highest BCUT2D eigenvalue weighted by atomic mass is 16.6. The molecular formula is C27H35N3O5. The Kier molecular flexibility index (Phi) is 8.87. The van der Waals surface area contributed by atoms with Gasteiger partial charge in [0.2, 0.25) is 0 Å². The molecule has 1 aliphatic heterocycles. The van der Waals surface area contributed by atoms with Crippen LogP contribution in [0.3, 0.4) is 0 Å². The number of likely N-dealkylation sites (tertiary alicyclic amines) is 1. The molecule has 1 saturated heterocycles. The molecule has 35 heavy (non-hydrogen) atoms. The molecule has 0 N–H and O–H groups in total. The SMILES string of the molecule is CCOC(=O)C=Cc1ccc(N(C(=O)OC(C)(C)C)[C@@H]2CCN(Cc3ccc(OC)cc3)C2)nc1. The number of anilines is 1. The van der Waals surface area contributed by atoms with E-state index in [1.807, 2.05) is 39.0 Å². The average molecular weight is 482 g/mol. The Morgan fingerprint density at radius 2 is 1.91 bits per heavy atom. The number of pyridine rings is 1. The summed E-state index contributed by atoms with van der Waals surface area (Å²) in [7, 11) is 1.66. The topological polar surface area (TPSA) is 81.2 Å². The molecule has 0 radical (unpaired) electrons. The Morgan fingerprint density at radius 3 is 2.51 bits per heavy atom. The monoisotopic (exact) mass is 481 g/mol. The van der Waals surface area contributed by atoms with Crippen LogP contribution in [0.5, 0.6) is 5.75 Å². The van der Waals surface area contributed by atoms with E-state index in [1.165, 1.54) is 11.6 Å². The zero-order valence-corrected chi connectivity index (χ0v) is 21.2. The van der Waals surface area contributed by atoms with Crippen molar-refractivity contribution < 1.29 is 23.8 Å². The summed E-state index contributed by atoms with van der Waals surface area (Å²) >= 11 is 0. The van der Waals surface area contributed by atoms with Gasteiger partial charge in [0.15, 0.2) is 0 Å². The molecule has 0 aliphatic carbocycles. The predicted molar refractivity (Wildman–Crippen MR) is 135 cm³/mol. The van der Waals surface area contributed by atoms with Crippen molar-refractivity contribution in [2.75, 3.05) is 31.7 Å². The summed E-state index contributed by atoms with van der Waals surface area (Å²) in [6.07, 6.45) is 5.02. The van der Waals surface area contributed by atoms with Crippen LogP contribution in [0.15, 0.2) is 48.7 Å². The summed E-state index contributed by atoms with van der Waals surface area (Å²) in [5, 5.41) is 0. The van der Waals surface area contributed by atoms with Crippen molar-refractivity contribution in [2.24, 2.45) is 0 Å². The number of carbonyl (C=O) groups is 2. The van der Waals surface area contributed by atoms with Gasteiger partial charge in [0.1, 0.15) is 17.2 Å². The Labute approximate surface area is 207 Å². The first-order valence-electron chi connectivity index (χ1n) is 11.9. The minimum atomic E-state index is -0.626. The van der Waals surface area contributed by atoms with Gasteiger partial charge in [-0.1, -0.05) is 12.1 Å². The molecular weight excluding hydrogens is 446 g/mol. The lowest BCUT2D eigenvalue weighted by molar-refractivity contribution is -0.137. The van der Waals surface area contributed by atoms with Gasteiger partial charge in [-0.25, -0.2) is 14.6 Å². The zero-order valence-electron chi connectivity index (χ0n) is 21.2. The van der Waals surface area contributed by atoms with Gasteiger partial charge in [0.05, 0.1) is 19.8 Å². The summed E-state index contributed by atoms with van der Waals surface area (Å²) in [5.74, 6) is 0.939. The van der Waals surface area contributed by atoms with Crippen LogP contribution in [-0.2, 0) is 20.8 Å². The predicted octanol–water partition coefficient (Wildman–Crippen LogP) is 4.68. The highest BCUT2D eigenvalue weighted by Gasteiger charge is 2.35. The Bertz CT molecular complexity index is 1010. The third-order valence-corrected chi connectivity index (χ3v) is 5.48. The molecule has 3 rings (SSSR count). The Morgan fingerprint density at radius 1 is 1.17 bits per heavy atom. The van der Waals surface area contributed by atoms with Crippen LogP contribution in [-0.4, -0.2) is 60.4 Å². The summed E-state index contributed by atoms with van der Waals surface area (Å²) < 4.78 is 15.9. The number of amides is 1. The van der Waals surface area contributed by atoms with E-state index in [9.17, 15) is 9.59 Å². The maximum absolute atomic E-state index is 13.2. The summed E-state index contributed by atoms with van der Waals surface area (Å²) in [6.45, 7) is 9.98. The van der Waals surface area contributed by atoms with E-state index in [1.54, 1.807) is 37.3 Å². The third-order valence-electron chi connectivity index (χ3n) is 5.48. The average Bonchev–Trinajstić information content (AvgIpc) is 3.26. The molecule has 0 saturated carbocycles. The molecule has 0 unspecified atom stereocenters. The van der Waals surface area contributed by atoms with Crippen LogP contribution in [0.4, 0.5) is 10.6 Å². The molecule has 1 fully saturated rings. The normalized spacial score (nSPS) is 16.3. The number of aromatic nitrogens is 1. The van der Waals surface area contributed by atoms with E-state index < -0.39 is 17.7 Å². The first-order chi connectivity index (χ1) is 16.7. The minimum Gasteiger partial charge on any atom is -0.497 e. The highest BCUT2D eigenvalue weighted by molar-refractivity contribution is 5.88. The number of benzene rings is 1. The molecule has 0 spiro atoms. The fourth-order valence-corrected chi connectivity index (χ4v) is 3.89. The molecule has 2 aromatic rings. The quantitative estimate of drug-likeness (QED) is 0.400. The van der Waals surface area contributed by atoms with Gasteiger partial charge in [-0.2, -0.15) is 0 Å². The zero-order chi connectivity index (χ0) is 25.4. The number of nitrogens with zero attached hydrogens (tertiary/aromatic N) is 3. The molecule has 188 valence electrons. The fraction of sp³-hybridized carbons (Fsp3) is 0.444. The van der Waals surface area contributed by atoms with Crippen molar-refractivity contribution in [3.05, 3.63) is 59.8 Å². The lowest BCUT2D eigenvalue weighted by atomic mass is 10.2. The lowest BCUT2D eigenvalue weighted by Gasteiger charge is -2.31. The van der Waals surface area contributed by atoms with E-state index in [4.69, 9.17) is 14.2 Å². The number of hydrogen-bond acceptors (Lipinski definition) is 7. The van der Waals surface area contributed by atoms with Crippen LogP contribution in [0.25, 0.3) is 6.08 Å². The van der Waals surface area contributed by atoms with Crippen molar-refractivity contribution in [1.82, 2.24) is 9.88 Å². The van der Waals surface area contributed by atoms with Crippen molar-refractivity contribution in [3.63, 3.8) is 0 Å². The molecule has 0 bridgehead atoms. The molecule has 8 heteroatoms. The van der Waals surface area contributed by atoms with Crippen molar-refractivity contribution in [3.8, 4) is 5.75 Å². The maximum Gasteiger partial charge on any atom is 0.416 e. The van der Waals surface area contributed by atoms with Crippen LogP contribution >= 0.6 is 0 Å². The van der Waals surface area contributed by atoms with E-state index in [-0.39, 0.29) is 6.04 Å². The standard InChI is InChI=1S/C27H35N3O5/c1-6-34-25(31)14-10-20-9-13-24(28-17-20)30(26(32)35-27(2,3)4)22-15-16-29(19-22)18-21-7-11-23(33-5)12-8-21/h7-14,17,22H,6,15-16,18-19H2,1-5H3/t22-/m1/s1. The third kappa shape index (κ3) is 7.82. The van der Waals surface area contributed by atoms with Crippen LogP contribution in [0, 0.1) is 0 Å². The van der Waals surface area contributed by atoms with Gasteiger partial charge in [-0.05, 0) is 75.6 Å². The summed E-state index contributed by atoms with van der Waals surface area (Å²) in [5.41, 5.74) is 1.29. The van der Waals surface area contributed by atoms with Gasteiger partial charge in [0, 0.05) is 31.9 Å².